The van der Waals surface area contributed by atoms with E-state index in [0.717, 1.165) is 6.42 Å². The van der Waals surface area contributed by atoms with E-state index in [1.54, 1.807) is 11.1 Å². The first-order valence-electron chi connectivity index (χ1n) is 7.67. The van der Waals surface area contributed by atoms with Crippen molar-refractivity contribution in [2.45, 2.75) is 37.6 Å². The average molecular weight is 265 g/mol. The number of likely N-dealkylation sites (N-methyl/N-ethyl adjacent to an activating group) is 1. The molecule has 2 aromatic rings. The number of hydrogen-bond acceptors (Lipinski definition) is 1. The summed E-state index contributed by atoms with van der Waals surface area (Å²) in [6.07, 6.45) is 4.90. The molecule has 0 radical (unpaired) electrons. The third-order valence-corrected chi connectivity index (χ3v) is 4.62. The smallest absolute Gasteiger partial charge is 0.0136 e. The van der Waals surface area contributed by atoms with E-state index in [9.17, 15) is 0 Å². The Hall–Kier alpha value is -1.60. The van der Waals surface area contributed by atoms with E-state index >= 15 is 0 Å². The molecule has 0 saturated heterocycles. The Balaban J connectivity index is 1.69. The van der Waals surface area contributed by atoms with Crippen LogP contribution in [-0.4, -0.2) is 13.1 Å². The Morgan fingerprint density at radius 1 is 1.05 bits per heavy atom. The molecule has 0 saturated carbocycles. The highest BCUT2D eigenvalue weighted by atomic mass is 14.9. The molecule has 1 aliphatic rings. The van der Waals surface area contributed by atoms with Crippen LogP contribution in [0.2, 0.25) is 0 Å². The van der Waals surface area contributed by atoms with Gasteiger partial charge in [0, 0.05) is 6.04 Å². The molecule has 1 nitrogen and oxygen atoms in total. The molecule has 2 aromatic carbocycles. The molecule has 3 rings (SSSR count). The highest BCUT2D eigenvalue weighted by molar-refractivity contribution is 5.36. The van der Waals surface area contributed by atoms with Crippen molar-refractivity contribution in [2.24, 2.45) is 0 Å². The van der Waals surface area contributed by atoms with Crippen LogP contribution in [0.5, 0.6) is 0 Å². The van der Waals surface area contributed by atoms with Gasteiger partial charge in [-0.25, -0.2) is 0 Å². The molecule has 2 unspecified atom stereocenters. The van der Waals surface area contributed by atoms with Gasteiger partial charge in [0.1, 0.15) is 0 Å². The molecule has 104 valence electrons. The Labute approximate surface area is 122 Å². The van der Waals surface area contributed by atoms with E-state index < -0.39 is 0 Å². The minimum absolute atomic E-state index is 0.582. The van der Waals surface area contributed by atoms with Crippen molar-refractivity contribution < 1.29 is 0 Å². The van der Waals surface area contributed by atoms with Gasteiger partial charge in [-0.05, 0) is 55.3 Å². The summed E-state index contributed by atoms with van der Waals surface area (Å²) in [5.41, 5.74) is 4.57. The standard InChI is InChI=1S/C19H23N/c1-20-19(14-11-15-7-3-2-4-8-15)18-13-12-16-9-5-6-10-17(16)18/h2-10,18-20H,11-14H2,1H3. The van der Waals surface area contributed by atoms with E-state index in [1.165, 1.54) is 24.8 Å². The molecule has 0 fully saturated rings. The van der Waals surface area contributed by atoms with Crippen LogP contribution in [0, 0.1) is 0 Å². The summed E-state index contributed by atoms with van der Waals surface area (Å²) in [5, 5.41) is 3.56. The number of rotatable bonds is 5. The molecule has 0 bridgehead atoms. The molecule has 0 aliphatic heterocycles. The Bertz CT molecular complexity index is 547. The zero-order chi connectivity index (χ0) is 13.8. The molecule has 2 atom stereocenters. The van der Waals surface area contributed by atoms with Crippen molar-refractivity contribution >= 4 is 0 Å². The van der Waals surface area contributed by atoms with Crippen LogP contribution < -0.4 is 5.32 Å². The Kier molecular flexibility index (Phi) is 4.17. The van der Waals surface area contributed by atoms with Crippen LogP contribution in [0.3, 0.4) is 0 Å². The largest absolute Gasteiger partial charge is 0.316 e. The van der Waals surface area contributed by atoms with Crippen molar-refractivity contribution in [1.29, 1.82) is 0 Å². The van der Waals surface area contributed by atoms with Crippen LogP contribution in [0.25, 0.3) is 0 Å². The molecular formula is C19H23N. The lowest BCUT2D eigenvalue weighted by Gasteiger charge is -2.24. The zero-order valence-corrected chi connectivity index (χ0v) is 12.2. The summed E-state index contributed by atoms with van der Waals surface area (Å²) in [7, 11) is 2.11. The zero-order valence-electron chi connectivity index (χ0n) is 12.2. The van der Waals surface area contributed by atoms with Crippen molar-refractivity contribution in [3.05, 3.63) is 71.3 Å². The molecule has 0 spiro atoms. The third-order valence-electron chi connectivity index (χ3n) is 4.62. The van der Waals surface area contributed by atoms with Crippen molar-refractivity contribution in [2.75, 3.05) is 7.05 Å². The second-order valence-electron chi connectivity index (χ2n) is 5.76. The maximum Gasteiger partial charge on any atom is 0.0136 e. The minimum atomic E-state index is 0.582. The van der Waals surface area contributed by atoms with Gasteiger partial charge >= 0.3 is 0 Å². The van der Waals surface area contributed by atoms with E-state index in [1.807, 2.05) is 0 Å². The van der Waals surface area contributed by atoms with E-state index in [2.05, 4.69) is 67.0 Å². The summed E-state index contributed by atoms with van der Waals surface area (Å²) in [6.45, 7) is 0. The summed E-state index contributed by atoms with van der Waals surface area (Å²) in [6, 6.07) is 20.4. The molecule has 0 amide bonds. The van der Waals surface area contributed by atoms with Gasteiger partial charge in [0.15, 0.2) is 0 Å². The van der Waals surface area contributed by atoms with Gasteiger partial charge in [0.05, 0.1) is 0 Å². The summed E-state index contributed by atoms with van der Waals surface area (Å²) in [5.74, 6) is 0.680. The fourth-order valence-corrected chi connectivity index (χ4v) is 3.52. The number of fused-ring (bicyclic) bond motifs is 1. The van der Waals surface area contributed by atoms with Crippen LogP contribution >= 0.6 is 0 Å². The first-order chi connectivity index (χ1) is 9.88. The highest BCUT2D eigenvalue weighted by Gasteiger charge is 2.28. The lowest BCUT2D eigenvalue weighted by atomic mass is 9.89. The summed E-state index contributed by atoms with van der Waals surface area (Å²) in [4.78, 5) is 0. The van der Waals surface area contributed by atoms with Gasteiger partial charge in [-0.3, -0.25) is 0 Å². The van der Waals surface area contributed by atoms with Gasteiger partial charge in [-0.2, -0.15) is 0 Å². The van der Waals surface area contributed by atoms with E-state index in [-0.39, 0.29) is 0 Å². The Morgan fingerprint density at radius 3 is 2.60 bits per heavy atom. The second kappa shape index (κ2) is 6.23. The number of aryl methyl sites for hydroxylation is 2. The highest BCUT2D eigenvalue weighted by Crippen LogP contribution is 2.36. The van der Waals surface area contributed by atoms with Crippen LogP contribution in [0.1, 0.15) is 35.4 Å². The molecule has 1 aliphatic carbocycles. The van der Waals surface area contributed by atoms with Gasteiger partial charge in [0.2, 0.25) is 0 Å². The first-order valence-corrected chi connectivity index (χ1v) is 7.67. The van der Waals surface area contributed by atoms with Crippen molar-refractivity contribution in [1.82, 2.24) is 5.32 Å². The summed E-state index contributed by atoms with van der Waals surface area (Å²) >= 11 is 0. The number of benzene rings is 2. The molecule has 0 aromatic heterocycles. The summed E-state index contributed by atoms with van der Waals surface area (Å²) < 4.78 is 0. The lowest BCUT2D eigenvalue weighted by molar-refractivity contribution is 0.433. The Morgan fingerprint density at radius 2 is 1.80 bits per heavy atom. The lowest BCUT2D eigenvalue weighted by Crippen LogP contribution is -2.31. The topological polar surface area (TPSA) is 12.0 Å². The SMILES string of the molecule is CNC(CCc1ccccc1)C1CCc2ccccc21. The molecule has 0 heterocycles. The first kappa shape index (κ1) is 13.4. The van der Waals surface area contributed by atoms with Crippen molar-refractivity contribution in [3.8, 4) is 0 Å². The maximum atomic E-state index is 3.56. The maximum absolute atomic E-state index is 3.56. The van der Waals surface area contributed by atoms with Gasteiger partial charge in [-0.1, -0.05) is 54.6 Å². The molecule has 20 heavy (non-hydrogen) atoms. The minimum Gasteiger partial charge on any atom is -0.316 e. The van der Waals surface area contributed by atoms with Crippen LogP contribution in [0.4, 0.5) is 0 Å². The van der Waals surface area contributed by atoms with Gasteiger partial charge in [-0.15, -0.1) is 0 Å². The monoisotopic (exact) mass is 265 g/mol. The fourth-order valence-electron chi connectivity index (χ4n) is 3.52. The van der Waals surface area contributed by atoms with Gasteiger partial charge in [0.25, 0.3) is 0 Å². The average Bonchev–Trinajstić information content (AvgIpc) is 2.93. The van der Waals surface area contributed by atoms with Crippen molar-refractivity contribution in [3.63, 3.8) is 0 Å². The predicted molar refractivity (Wildman–Crippen MR) is 85.1 cm³/mol. The normalized spacial score (nSPS) is 18.8. The predicted octanol–water partition coefficient (Wildman–Crippen LogP) is 3.94. The van der Waals surface area contributed by atoms with Crippen LogP contribution in [0.15, 0.2) is 54.6 Å². The van der Waals surface area contributed by atoms with E-state index in [0.29, 0.717) is 12.0 Å². The van der Waals surface area contributed by atoms with Crippen LogP contribution in [-0.2, 0) is 12.8 Å². The molecular weight excluding hydrogens is 242 g/mol. The number of nitrogens with one attached hydrogen (secondary N) is 1. The molecule has 1 N–H and O–H groups in total. The fraction of sp³-hybridized carbons (Fsp3) is 0.368. The second-order valence-corrected chi connectivity index (χ2v) is 5.76. The van der Waals surface area contributed by atoms with Gasteiger partial charge < -0.3 is 5.32 Å². The van der Waals surface area contributed by atoms with E-state index in [4.69, 9.17) is 0 Å². The third kappa shape index (κ3) is 2.78. The quantitative estimate of drug-likeness (QED) is 0.863. The molecule has 1 heteroatoms. The number of hydrogen-bond donors (Lipinski definition) is 1.